The lowest BCUT2D eigenvalue weighted by atomic mass is 10.1. The van der Waals surface area contributed by atoms with Crippen LogP contribution in [0.15, 0.2) is 42.5 Å². The molecule has 1 N–H and O–H groups in total. The van der Waals surface area contributed by atoms with Crippen LogP contribution in [0.4, 0.5) is 14.9 Å². The molecular formula is C19H17ClFN3O2S. The first-order valence-electron chi connectivity index (χ1n) is 8.61. The Bertz CT molecular complexity index is 972. The summed E-state index contributed by atoms with van der Waals surface area (Å²) in [5.41, 5.74) is 1.40. The third-order valence-electron chi connectivity index (χ3n) is 4.40. The Morgan fingerprint density at radius 1 is 1.26 bits per heavy atom. The van der Waals surface area contributed by atoms with Gasteiger partial charge in [-0.05, 0) is 36.4 Å². The molecule has 0 unspecified atom stereocenters. The molecule has 0 radical (unpaired) electrons. The number of carbonyl (C=O) groups excluding carboxylic acids is 1. The lowest BCUT2D eigenvalue weighted by Gasteiger charge is -2.31. The van der Waals surface area contributed by atoms with Crippen LogP contribution in [0.1, 0.15) is 12.8 Å². The van der Waals surface area contributed by atoms with E-state index in [1.165, 1.54) is 23.5 Å². The van der Waals surface area contributed by atoms with Gasteiger partial charge in [-0.1, -0.05) is 29.0 Å². The number of thiazole rings is 1. The van der Waals surface area contributed by atoms with Crippen LogP contribution in [-0.4, -0.2) is 35.1 Å². The molecule has 1 saturated heterocycles. The zero-order valence-electron chi connectivity index (χ0n) is 14.3. The molecule has 8 heteroatoms. The van der Waals surface area contributed by atoms with Gasteiger partial charge in [-0.2, -0.15) is 0 Å². The number of fused-ring (bicyclic) bond motifs is 1. The molecule has 0 spiro atoms. The van der Waals surface area contributed by atoms with Gasteiger partial charge in [-0.15, -0.1) is 0 Å². The molecule has 2 aromatic carbocycles. The molecular weight excluding hydrogens is 389 g/mol. The summed E-state index contributed by atoms with van der Waals surface area (Å²) in [6.07, 6.45) is 1.42. The minimum atomic E-state index is -0.281. The summed E-state index contributed by atoms with van der Waals surface area (Å²) >= 11 is 7.28. The van der Waals surface area contributed by atoms with Gasteiger partial charge >= 0.3 is 6.03 Å². The Morgan fingerprint density at radius 3 is 2.85 bits per heavy atom. The molecule has 1 aromatic heterocycles. The summed E-state index contributed by atoms with van der Waals surface area (Å²) in [4.78, 5) is 18.5. The number of hydrogen-bond acceptors (Lipinski definition) is 4. The zero-order valence-corrected chi connectivity index (χ0v) is 15.9. The van der Waals surface area contributed by atoms with Crippen LogP contribution >= 0.6 is 22.9 Å². The van der Waals surface area contributed by atoms with Gasteiger partial charge in [-0.3, -0.25) is 0 Å². The van der Waals surface area contributed by atoms with Gasteiger partial charge in [0.05, 0.1) is 10.2 Å². The number of piperidine rings is 1. The van der Waals surface area contributed by atoms with Crippen molar-refractivity contribution in [3.8, 4) is 5.19 Å². The fourth-order valence-corrected chi connectivity index (χ4v) is 4.11. The van der Waals surface area contributed by atoms with Gasteiger partial charge in [0.2, 0.25) is 0 Å². The Balaban J connectivity index is 1.32. The topological polar surface area (TPSA) is 54.5 Å². The number of likely N-dealkylation sites (tertiary alicyclic amines) is 1. The number of hydrogen-bond donors (Lipinski definition) is 1. The number of anilines is 1. The van der Waals surface area contributed by atoms with E-state index >= 15 is 0 Å². The van der Waals surface area contributed by atoms with Gasteiger partial charge in [0.15, 0.2) is 0 Å². The summed E-state index contributed by atoms with van der Waals surface area (Å²) < 4.78 is 20.0. The van der Waals surface area contributed by atoms with E-state index in [9.17, 15) is 9.18 Å². The molecule has 0 saturated carbocycles. The minimum Gasteiger partial charge on any atom is -0.467 e. The van der Waals surface area contributed by atoms with Crippen LogP contribution in [0, 0.1) is 5.82 Å². The van der Waals surface area contributed by atoms with Gasteiger partial charge < -0.3 is 15.0 Å². The number of amides is 2. The average Bonchev–Trinajstić information content (AvgIpc) is 3.03. The first-order chi connectivity index (χ1) is 13.1. The summed E-state index contributed by atoms with van der Waals surface area (Å²) in [5.74, 6) is -0.281. The van der Waals surface area contributed by atoms with E-state index in [0.29, 0.717) is 41.8 Å². The average molecular weight is 406 g/mol. The fourth-order valence-electron chi connectivity index (χ4n) is 3.02. The minimum absolute atomic E-state index is 0.00868. The Morgan fingerprint density at radius 2 is 2.07 bits per heavy atom. The van der Waals surface area contributed by atoms with Crippen molar-refractivity contribution in [2.45, 2.75) is 18.9 Å². The summed E-state index contributed by atoms with van der Waals surface area (Å²) in [5, 5.41) is 3.97. The number of nitrogens with zero attached hydrogens (tertiary/aromatic N) is 2. The highest BCUT2D eigenvalue weighted by molar-refractivity contribution is 7.20. The molecule has 27 heavy (non-hydrogen) atoms. The monoisotopic (exact) mass is 405 g/mol. The summed E-state index contributed by atoms with van der Waals surface area (Å²) in [7, 11) is 0. The van der Waals surface area contributed by atoms with Crippen molar-refractivity contribution < 1.29 is 13.9 Å². The van der Waals surface area contributed by atoms with Crippen molar-refractivity contribution in [2.75, 3.05) is 18.4 Å². The smallest absolute Gasteiger partial charge is 0.321 e. The van der Waals surface area contributed by atoms with E-state index in [-0.39, 0.29) is 18.0 Å². The maximum Gasteiger partial charge on any atom is 0.321 e. The maximum absolute atomic E-state index is 13.3. The lowest BCUT2D eigenvalue weighted by molar-refractivity contribution is 0.115. The fraction of sp³-hybridized carbons (Fsp3) is 0.263. The zero-order chi connectivity index (χ0) is 18.8. The molecule has 4 rings (SSSR count). The highest BCUT2D eigenvalue weighted by Crippen LogP contribution is 2.30. The second-order valence-electron chi connectivity index (χ2n) is 6.34. The molecule has 0 atom stereocenters. The summed E-state index contributed by atoms with van der Waals surface area (Å²) in [6.45, 7) is 1.19. The highest BCUT2D eigenvalue weighted by atomic mass is 35.5. The molecule has 0 bridgehead atoms. The standard InChI is InChI=1S/C19H17ClFN3O2S/c20-12-2-1-3-14(10-12)22-18(25)24-8-6-15(7-9-24)26-19-23-16-5-4-13(21)11-17(16)27-19/h1-5,10-11,15H,6-9H2,(H,22,25). The molecule has 5 nitrogen and oxygen atoms in total. The third kappa shape index (κ3) is 4.31. The first-order valence-corrected chi connectivity index (χ1v) is 9.80. The van der Waals surface area contributed by atoms with Crippen LogP contribution in [-0.2, 0) is 0 Å². The lowest BCUT2D eigenvalue weighted by Crippen LogP contribution is -2.43. The molecule has 0 aliphatic carbocycles. The number of nitrogens with one attached hydrogen (secondary N) is 1. The molecule has 1 fully saturated rings. The Kier molecular flexibility index (Phi) is 5.13. The van der Waals surface area contributed by atoms with Crippen LogP contribution in [0.2, 0.25) is 5.02 Å². The normalized spacial score (nSPS) is 15.1. The van der Waals surface area contributed by atoms with E-state index in [1.807, 2.05) is 0 Å². The van der Waals surface area contributed by atoms with Gasteiger partial charge in [0, 0.05) is 36.6 Å². The van der Waals surface area contributed by atoms with E-state index in [0.717, 1.165) is 10.2 Å². The van der Waals surface area contributed by atoms with Crippen LogP contribution in [0.3, 0.4) is 0 Å². The van der Waals surface area contributed by atoms with E-state index < -0.39 is 0 Å². The second-order valence-corrected chi connectivity index (χ2v) is 7.77. The predicted molar refractivity (Wildman–Crippen MR) is 105 cm³/mol. The quantitative estimate of drug-likeness (QED) is 0.654. The van der Waals surface area contributed by atoms with Crippen molar-refractivity contribution >= 4 is 44.9 Å². The molecule has 140 valence electrons. The number of ether oxygens (including phenoxy) is 1. The molecule has 1 aliphatic heterocycles. The molecule has 1 aliphatic rings. The second kappa shape index (κ2) is 7.70. The van der Waals surface area contributed by atoms with Gasteiger partial charge in [0.25, 0.3) is 5.19 Å². The Labute approximate surface area is 164 Å². The van der Waals surface area contributed by atoms with Crippen LogP contribution < -0.4 is 10.1 Å². The predicted octanol–water partition coefficient (Wildman–Crippen LogP) is 5.16. The van der Waals surface area contributed by atoms with Crippen molar-refractivity contribution in [1.82, 2.24) is 9.88 Å². The van der Waals surface area contributed by atoms with Gasteiger partial charge in [0.1, 0.15) is 11.9 Å². The van der Waals surface area contributed by atoms with Gasteiger partial charge in [-0.25, -0.2) is 14.2 Å². The highest BCUT2D eigenvalue weighted by Gasteiger charge is 2.25. The van der Waals surface area contributed by atoms with Crippen LogP contribution in [0.5, 0.6) is 5.19 Å². The third-order valence-corrected chi connectivity index (χ3v) is 5.55. The number of halogens is 2. The molecule has 2 heterocycles. The van der Waals surface area contributed by atoms with Crippen molar-refractivity contribution in [2.24, 2.45) is 0 Å². The van der Waals surface area contributed by atoms with Crippen molar-refractivity contribution in [1.29, 1.82) is 0 Å². The number of aromatic nitrogens is 1. The number of carbonyl (C=O) groups is 1. The van der Waals surface area contributed by atoms with Crippen LogP contribution in [0.25, 0.3) is 10.2 Å². The largest absolute Gasteiger partial charge is 0.467 e. The molecule has 2 amide bonds. The van der Waals surface area contributed by atoms with E-state index in [2.05, 4.69) is 10.3 Å². The first kappa shape index (κ1) is 18.0. The van der Waals surface area contributed by atoms with Crippen molar-refractivity contribution in [3.05, 3.63) is 53.3 Å². The van der Waals surface area contributed by atoms with Crippen molar-refractivity contribution in [3.63, 3.8) is 0 Å². The molecule has 3 aromatic rings. The SMILES string of the molecule is O=C(Nc1cccc(Cl)c1)N1CCC(Oc2nc3ccc(F)cc3s2)CC1. The number of benzene rings is 2. The van der Waals surface area contributed by atoms with E-state index in [4.69, 9.17) is 16.3 Å². The maximum atomic E-state index is 13.3. The van der Waals surface area contributed by atoms with E-state index in [1.54, 1.807) is 35.2 Å². The summed E-state index contributed by atoms with van der Waals surface area (Å²) in [6, 6.07) is 11.4. The number of rotatable bonds is 3. The Hall–Kier alpha value is -2.38. The number of urea groups is 1.